The summed E-state index contributed by atoms with van der Waals surface area (Å²) in [6.07, 6.45) is 3.18. The SMILES string of the molecule is COC1=CC(OS(=O)(=O)c2ccc(C)cc2)=C(O)[CH]C1. The molecule has 0 unspecified atom stereocenters. The molecule has 1 aliphatic carbocycles. The van der Waals surface area contributed by atoms with Gasteiger partial charge in [-0.2, -0.15) is 8.42 Å². The fraction of sp³-hybridized carbons (Fsp3) is 0.214. The molecule has 0 atom stereocenters. The van der Waals surface area contributed by atoms with Gasteiger partial charge in [0.15, 0.2) is 5.76 Å². The number of hydrogen-bond acceptors (Lipinski definition) is 5. The zero-order valence-electron chi connectivity index (χ0n) is 11.2. The Bertz CT molecular complexity index is 653. The fourth-order valence-electron chi connectivity index (χ4n) is 1.66. The number of hydrogen-bond donors (Lipinski definition) is 1. The van der Waals surface area contributed by atoms with Crippen LogP contribution in [0, 0.1) is 13.3 Å². The minimum Gasteiger partial charge on any atom is -0.508 e. The maximum Gasteiger partial charge on any atom is 0.339 e. The molecule has 20 heavy (non-hydrogen) atoms. The van der Waals surface area contributed by atoms with Crippen LogP contribution in [0.15, 0.2) is 52.5 Å². The smallest absolute Gasteiger partial charge is 0.339 e. The fourth-order valence-corrected chi connectivity index (χ4v) is 2.59. The van der Waals surface area contributed by atoms with Gasteiger partial charge < -0.3 is 14.0 Å². The van der Waals surface area contributed by atoms with E-state index in [1.165, 1.54) is 31.7 Å². The van der Waals surface area contributed by atoms with Crippen LogP contribution in [0.5, 0.6) is 0 Å². The van der Waals surface area contributed by atoms with Crippen LogP contribution in [0.25, 0.3) is 0 Å². The first kappa shape index (κ1) is 14.5. The summed E-state index contributed by atoms with van der Waals surface area (Å²) in [5.41, 5.74) is 0.943. The number of allylic oxidation sites excluding steroid dienone is 3. The summed E-state index contributed by atoms with van der Waals surface area (Å²) >= 11 is 0. The van der Waals surface area contributed by atoms with Gasteiger partial charge in [-0.05, 0) is 19.1 Å². The van der Waals surface area contributed by atoms with E-state index >= 15 is 0 Å². The van der Waals surface area contributed by atoms with Crippen molar-refractivity contribution in [2.24, 2.45) is 0 Å². The van der Waals surface area contributed by atoms with Crippen LogP contribution in [0.3, 0.4) is 0 Å². The highest BCUT2D eigenvalue weighted by Gasteiger charge is 2.22. The number of methoxy groups -OCH3 is 1. The van der Waals surface area contributed by atoms with Gasteiger partial charge in [0.05, 0.1) is 7.11 Å². The molecule has 0 saturated carbocycles. The first-order valence-corrected chi connectivity index (χ1v) is 7.35. The second-order valence-electron chi connectivity index (χ2n) is 4.32. The Balaban J connectivity index is 2.28. The molecular formula is C14H15O5S. The van der Waals surface area contributed by atoms with E-state index in [1.54, 1.807) is 12.1 Å². The lowest BCUT2D eigenvalue weighted by Crippen LogP contribution is -2.10. The molecule has 0 spiro atoms. The lowest BCUT2D eigenvalue weighted by Gasteiger charge is -2.16. The van der Waals surface area contributed by atoms with Gasteiger partial charge >= 0.3 is 10.1 Å². The van der Waals surface area contributed by atoms with E-state index < -0.39 is 10.1 Å². The van der Waals surface area contributed by atoms with Crippen molar-refractivity contribution >= 4 is 10.1 Å². The Morgan fingerprint density at radius 1 is 1.20 bits per heavy atom. The minimum absolute atomic E-state index is 0.0290. The highest BCUT2D eigenvalue weighted by atomic mass is 32.2. The summed E-state index contributed by atoms with van der Waals surface area (Å²) in [5, 5.41) is 9.67. The summed E-state index contributed by atoms with van der Waals surface area (Å²) in [6.45, 7) is 1.86. The van der Waals surface area contributed by atoms with Gasteiger partial charge in [0.2, 0.25) is 0 Å². The van der Waals surface area contributed by atoms with E-state index in [9.17, 15) is 13.5 Å². The molecule has 5 nitrogen and oxygen atoms in total. The highest BCUT2D eigenvalue weighted by Crippen LogP contribution is 2.26. The lowest BCUT2D eigenvalue weighted by molar-refractivity contribution is 0.267. The first-order chi connectivity index (χ1) is 9.42. The van der Waals surface area contributed by atoms with E-state index in [2.05, 4.69) is 0 Å². The van der Waals surface area contributed by atoms with Crippen LogP contribution < -0.4 is 0 Å². The molecular weight excluding hydrogens is 280 g/mol. The Morgan fingerprint density at radius 2 is 1.85 bits per heavy atom. The largest absolute Gasteiger partial charge is 0.508 e. The molecule has 0 saturated heterocycles. The van der Waals surface area contributed by atoms with Crippen molar-refractivity contribution in [1.29, 1.82) is 0 Å². The van der Waals surface area contributed by atoms with Crippen molar-refractivity contribution in [3.63, 3.8) is 0 Å². The van der Waals surface area contributed by atoms with Crippen molar-refractivity contribution in [3.8, 4) is 0 Å². The van der Waals surface area contributed by atoms with Gasteiger partial charge in [-0.1, -0.05) is 17.7 Å². The van der Waals surface area contributed by atoms with Crippen molar-refractivity contribution in [1.82, 2.24) is 0 Å². The average molecular weight is 295 g/mol. The van der Waals surface area contributed by atoms with Crippen molar-refractivity contribution in [3.05, 3.63) is 59.6 Å². The Hall–Kier alpha value is -1.95. The van der Waals surface area contributed by atoms with Gasteiger partial charge in [-0.15, -0.1) is 0 Å². The highest BCUT2D eigenvalue weighted by molar-refractivity contribution is 7.86. The normalized spacial score (nSPS) is 15.8. The van der Waals surface area contributed by atoms with Gasteiger partial charge in [-0.3, -0.25) is 0 Å². The molecule has 1 aromatic rings. The number of rotatable bonds is 4. The maximum absolute atomic E-state index is 12.1. The molecule has 6 heteroatoms. The van der Waals surface area contributed by atoms with Gasteiger partial charge in [0.1, 0.15) is 16.4 Å². The second kappa shape index (κ2) is 5.58. The van der Waals surface area contributed by atoms with E-state index in [4.69, 9.17) is 8.92 Å². The zero-order chi connectivity index (χ0) is 14.8. The summed E-state index contributed by atoms with van der Waals surface area (Å²) in [7, 11) is -2.51. The lowest BCUT2D eigenvalue weighted by atomic mass is 10.1. The van der Waals surface area contributed by atoms with E-state index in [-0.39, 0.29) is 16.4 Å². The predicted molar refractivity (Wildman–Crippen MR) is 73.1 cm³/mol. The summed E-state index contributed by atoms with van der Waals surface area (Å²) in [5.74, 6) is 0.145. The first-order valence-electron chi connectivity index (χ1n) is 5.94. The Morgan fingerprint density at radius 3 is 2.45 bits per heavy atom. The third-order valence-electron chi connectivity index (χ3n) is 2.81. The van der Waals surface area contributed by atoms with Crippen LogP contribution in [0.2, 0.25) is 0 Å². The van der Waals surface area contributed by atoms with Crippen LogP contribution in [-0.4, -0.2) is 20.6 Å². The standard InChI is InChI=1S/C14H15O5S/c1-10-3-6-12(7-4-10)20(16,17)19-14-9-11(18-2)5-8-13(14)15/h3-4,6-9,15H,5H2,1-2H3. The monoisotopic (exact) mass is 295 g/mol. The van der Waals surface area contributed by atoms with Crippen molar-refractivity contribution in [2.75, 3.05) is 7.11 Å². The van der Waals surface area contributed by atoms with Crippen LogP contribution in [-0.2, 0) is 19.0 Å². The summed E-state index contributed by atoms with van der Waals surface area (Å²) in [4.78, 5) is 0.0290. The molecule has 1 N–H and O–H groups in total. The van der Waals surface area contributed by atoms with Crippen LogP contribution in [0.1, 0.15) is 12.0 Å². The molecule has 2 rings (SSSR count). The predicted octanol–water partition coefficient (Wildman–Crippen LogP) is 2.61. The third kappa shape index (κ3) is 3.14. The number of ether oxygens (including phenoxy) is 1. The molecule has 0 amide bonds. The van der Waals surface area contributed by atoms with Crippen LogP contribution in [0.4, 0.5) is 0 Å². The van der Waals surface area contributed by atoms with E-state index in [0.29, 0.717) is 12.2 Å². The number of aliphatic hydroxyl groups is 1. The average Bonchev–Trinajstić information content (AvgIpc) is 2.41. The Labute approximate surface area is 118 Å². The molecule has 1 aliphatic rings. The maximum atomic E-state index is 12.1. The molecule has 107 valence electrons. The molecule has 1 aromatic carbocycles. The number of benzene rings is 1. The Kier molecular flexibility index (Phi) is 4.04. The molecule has 1 radical (unpaired) electrons. The van der Waals surface area contributed by atoms with E-state index in [1.807, 2.05) is 6.92 Å². The summed E-state index contributed by atoms with van der Waals surface area (Å²) < 4.78 is 34.2. The molecule has 0 fully saturated rings. The quantitative estimate of drug-likeness (QED) is 0.864. The number of aliphatic hydroxyl groups excluding tert-OH is 1. The zero-order valence-corrected chi connectivity index (χ0v) is 12.0. The molecule has 0 aliphatic heterocycles. The molecule has 0 heterocycles. The van der Waals surface area contributed by atoms with Crippen molar-refractivity contribution in [2.45, 2.75) is 18.2 Å². The van der Waals surface area contributed by atoms with Gasteiger partial charge in [-0.25, -0.2) is 0 Å². The topological polar surface area (TPSA) is 72.8 Å². The third-order valence-corrected chi connectivity index (χ3v) is 4.06. The van der Waals surface area contributed by atoms with Crippen molar-refractivity contribution < 1.29 is 22.4 Å². The summed E-state index contributed by atoms with van der Waals surface area (Å²) in [6, 6.07) is 6.26. The minimum atomic E-state index is -3.98. The van der Waals surface area contributed by atoms with Crippen LogP contribution >= 0.6 is 0 Å². The number of aryl methyl sites for hydroxylation is 1. The van der Waals surface area contributed by atoms with Gasteiger partial charge in [0, 0.05) is 18.9 Å². The molecule has 0 bridgehead atoms. The molecule has 0 aromatic heterocycles. The van der Waals surface area contributed by atoms with E-state index in [0.717, 1.165) is 5.56 Å². The van der Waals surface area contributed by atoms with Gasteiger partial charge in [0.25, 0.3) is 0 Å². The second-order valence-corrected chi connectivity index (χ2v) is 5.87.